The minimum Gasteiger partial charge on any atom is -0.366 e. The molecule has 0 atom stereocenters. The first-order chi connectivity index (χ1) is 8.93. The maximum atomic E-state index is 12.4. The molecule has 0 saturated heterocycles. The number of aryl methyl sites for hydroxylation is 1. The van der Waals surface area contributed by atoms with Gasteiger partial charge in [0.05, 0.1) is 10.5 Å². The van der Waals surface area contributed by atoms with E-state index in [1.165, 1.54) is 30.5 Å². The smallest absolute Gasteiger partial charge is 0.251 e. The second kappa shape index (κ2) is 4.81. The Morgan fingerprint density at radius 2 is 1.79 bits per heavy atom. The lowest BCUT2D eigenvalue weighted by Crippen LogP contribution is -2.17. The van der Waals surface area contributed by atoms with E-state index in [1.807, 2.05) is 6.92 Å². The number of hydrogen-bond acceptors (Lipinski definition) is 4. The maximum Gasteiger partial charge on any atom is 0.251 e. The first kappa shape index (κ1) is 13.2. The summed E-state index contributed by atoms with van der Waals surface area (Å²) in [7, 11) is -3.84. The number of pyridine rings is 1. The van der Waals surface area contributed by atoms with E-state index in [0.717, 1.165) is 5.56 Å². The third-order valence-corrected chi connectivity index (χ3v) is 4.35. The molecule has 1 amide bonds. The Labute approximate surface area is 111 Å². The van der Waals surface area contributed by atoms with E-state index in [1.54, 1.807) is 12.1 Å². The SMILES string of the molecule is Cc1ccc(S(=O)(=O)c2ncccc2C(N)=O)cc1. The Bertz CT molecular complexity index is 722. The molecule has 2 aromatic rings. The Balaban J connectivity index is 2.63. The number of aromatic nitrogens is 1. The highest BCUT2D eigenvalue weighted by Gasteiger charge is 2.24. The number of primary amides is 1. The quantitative estimate of drug-likeness (QED) is 0.915. The van der Waals surface area contributed by atoms with Crippen LogP contribution in [0.1, 0.15) is 15.9 Å². The molecule has 5 nitrogen and oxygen atoms in total. The van der Waals surface area contributed by atoms with Gasteiger partial charge in [-0.2, -0.15) is 0 Å². The fraction of sp³-hybridized carbons (Fsp3) is 0.0769. The molecule has 2 rings (SSSR count). The summed E-state index contributed by atoms with van der Waals surface area (Å²) in [6, 6.07) is 9.12. The van der Waals surface area contributed by atoms with Crippen LogP contribution < -0.4 is 5.73 Å². The van der Waals surface area contributed by atoms with Gasteiger partial charge in [-0.25, -0.2) is 13.4 Å². The summed E-state index contributed by atoms with van der Waals surface area (Å²) in [6.07, 6.45) is 1.31. The fourth-order valence-corrected chi connectivity index (χ4v) is 3.00. The zero-order chi connectivity index (χ0) is 14.0. The van der Waals surface area contributed by atoms with Gasteiger partial charge in [0.15, 0.2) is 5.03 Å². The van der Waals surface area contributed by atoms with Crippen LogP contribution in [-0.4, -0.2) is 19.3 Å². The van der Waals surface area contributed by atoms with Gasteiger partial charge in [-0.15, -0.1) is 0 Å². The van der Waals surface area contributed by atoms with Crippen molar-refractivity contribution in [2.75, 3.05) is 0 Å². The zero-order valence-corrected chi connectivity index (χ0v) is 11.0. The lowest BCUT2D eigenvalue weighted by molar-refractivity contribution is 0.0996. The summed E-state index contributed by atoms with van der Waals surface area (Å²) in [5.74, 6) is -0.821. The number of carbonyl (C=O) groups excluding carboxylic acids is 1. The van der Waals surface area contributed by atoms with E-state index in [9.17, 15) is 13.2 Å². The summed E-state index contributed by atoms with van der Waals surface area (Å²) in [5.41, 5.74) is 6.00. The lowest BCUT2D eigenvalue weighted by atomic mass is 10.2. The van der Waals surface area contributed by atoms with E-state index in [2.05, 4.69) is 4.98 Å². The van der Waals surface area contributed by atoms with Gasteiger partial charge in [0, 0.05) is 6.20 Å². The average Bonchev–Trinajstić information content (AvgIpc) is 2.39. The molecule has 0 fully saturated rings. The molecule has 1 aromatic carbocycles. The molecular formula is C13H12N2O3S. The average molecular weight is 276 g/mol. The normalized spacial score (nSPS) is 11.2. The summed E-state index contributed by atoms with van der Waals surface area (Å²) < 4.78 is 24.8. The van der Waals surface area contributed by atoms with E-state index >= 15 is 0 Å². The van der Waals surface area contributed by atoms with Gasteiger partial charge in [-0.05, 0) is 31.2 Å². The Hall–Kier alpha value is -2.21. The van der Waals surface area contributed by atoms with Crippen LogP contribution in [-0.2, 0) is 9.84 Å². The van der Waals surface area contributed by atoms with Crippen LogP contribution in [0.5, 0.6) is 0 Å². The Morgan fingerprint density at radius 1 is 1.16 bits per heavy atom. The largest absolute Gasteiger partial charge is 0.366 e. The van der Waals surface area contributed by atoms with Gasteiger partial charge in [0.2, 0.25) is 9.84 Å². The van der Waals surface area contributed by atoms with Crippen molar-refractivity contribution in [1.29, 1.82) is 0 Å². The second-order valence-corrected chi connectivity index (χ2v) is 5.90. The highest BCUT2D eigenvalue weighted by atomic mass is 32.2. The monoisotopic (exact) mass is 276 g/mol. The van der Waals surface area contributed by atoms with Crippen molar-refractivity contribution in [3.8, 4) is 0 Å². The highest BCUT2D eigenvalue weighted by molar-refractivity contribution is 7.91. The number of sulfone groups is 1. The molecule has 1 heterocycles. The van der Waals surface area contributed by atoms with Crippen LogP contribution in [0.25, 0.3) is 0 Å². The van der Waals surface area contributed by atoms with Crippen molar-refractivity contribution in [1.82, 2.24) is 4.98 Å². The van der Waals surface area contributed by atoms with Crippen LogP contribution in [0, 0.1) is 6.92 Å². The number of nitrogens with two attached hydrogens (primary N) is 1. The summed E-state index contributed by atoms with van der Waals surface area (Å²) in [6.45, 7) is 1.85. The molecular weight excluding hydrogens is 264 g/mol. The molecule has 0 aliphatic rings. The van der Waals surface area contributed by atoms with Gasteiger partial charge in [-0.3, -0.25) is 4.79 Å². The number of carbonyl (C=O) groups is 1. The van der Waals surface area contributed by atoms with Gasteiger partial charge in [0.25, 0.3) is 5.91 Å². The van der Waals surface area contributed by atoms with Crippen LogP contribution in [0.3, 0.4) is 0 Å². The molecule has 0 aliphatic heterocycles. The maximum absolute atomic E-state index is 12.4. The number of nitrogens with zero attached hydrogens (tertiary/aromatic N) is 1. The van der Waals surface area contributed by atoms with Crippen molar-refractivity contribution >= 4 is 15.7 Å². The summed E-state index contributed by atoms with van der Waals surface area (Å²) in [5, 5.41) is -0.314. The van der Waals surface area contributed by atoms with Crippen molar-refractivity contribution in [3.05, 3.63) is 53.7 Å². The molecule has 1 aromatic heterocycles. The molecule has 98 valence electrons. The molecule has 2 N–H and O–H groups in total. The van der Waals surface area contributed by atoms with Crippen molar-refractivity contribution in [2.45, 2.75) is 16.8 Å². The van der Waals surface area contributed by atoms with Crippen LogP contribution in [0.4, 0.5) is 0 Å². The van der Waals surface area contributed by atoms with E-state index < -0.39 is 15.7 Å². The third-order valence-electron chi connectivity index (χ3n) is 2.62. The molecule has 0 unspecified atom stereocenters. The number of rotatable bonds is 3. The highest BCUT2D eigenvalue weighted by Crippen LogP contribution is 2.22. The molecule has 6 heteroatoms. The van der Waals surface area contributed by atoms with Gasteiger partial charge < -0.3 is 5.73 Å². The minimum atomic E-state index is -3.84. The molecule has 0 saturated carbocycles. The lowest BCUT2D eigenvalue weighted by Gasteiger charge is -2.07. The molecule has 0 spiro atoms. The van der Waals surface area contributed by atoms with Gasteiger partial charge in [0.1, 0.15) is 0 Å². The molecule has 0 bridgehead atoms. The standard InChI is InChI=1S/C13H12N2O3S/c1-9-4-6-10(7-5-9)19(17,18)13-11(12(14)16)3-2-8-15-13/h2-8H,1H3,(H2,14,16). The van der Waals surface area contributed by atoms with E-state index in [0.29, 0.717) is 0 Å². The molecule has 19 heavy (non-hydrogen) atoms. The van der Waals surface area contributed by atoms with Crippen molar-refractivity contribution in [3.63, 3.8) is 0 Å². The third kappa shape index (κ3) is 2.48. The van der Waals surface area contributed by atoms with Crippen LogP contribution in [0.2, 0.25) is 0 Å². The molecule has 0 aliphatic carbocycles. The Kier molecular flexibility index (Phi) is 3.35. The minimum absolute atomic E-state index is 0.0827. The fourth-order valence-electron chi connectivity index (χ4n) is 1.62. The summed E-state index contributed by atoms with van der Waals surface area (Å²) >= 11 is 0. The van der Waals surface area contributed by atoms with Crippen LogP contribution >= 0.6 is 0 Å². The van der Waals surface area contributed by atoms with Crippen LogP contribution in [0.15, 0.2) is 52.5 Å². The number of hydrogen-bond donors (Lipinski definition) is 1. The first-order valence-corrected chi connectivity index (χ1v) is 6.98. The number of benzene rings is 1. The van der Waals surface area contributed by atoms with Crippen molar-refractivity contribution in [2.24, 2.45) is 5.73 Å². The van der Waals surface area contributed by atoms with E-state index in [-0.39, 0.29) is 15.5 Å². The van der Waals surface area contributed by atoms with E-state index in [4.69, 9.17) is 5.73 Å². The number of amides is 1. The summed E-state index contributed by atoms with van der Waals surface area (Å²) in [4.78, 5) is 15.1. The predicted octanol–water partition coefficient (Wildman–Crippen LogP) is 1.32. The topological polar surface area (TPSA) is 90.1 Å². The van der Waals surface area contributed by atoms with Crippen molar-refractivity contribution < 1.29 is 13.2 Å². The van der Waals surface area contributed by atoms with Gasteiger partial charge >= 0.3 is 0 Å². The predicted molar refractivity (Wildman–Crippen MR) is 69.4 cm³/mol. The van der Waals surface area contributed by atoms with Gasteiger partial charge in [-0.1, -0.05) is 17.7 Å². The Morgan fingerprint density at radius 3 is 2.37 bits per heavy atom. The zero-order valence-electron chi connectivity index (χ0n) is 10.2. The first-order valence-electron chi connectivity index (χ1n) is 5.49. The molecule has 0 radical (unpaired) electrons. The second-order valence-electron chi connectivity index (χ2n) is 4.04.